The highest BCUT2D eigenvalue weighted by Gasteiger charge is 2.16. The number of para-hydroxylation sites is 1. The highest BCUT2D eigenvalue weighted by molar-refractivity contribution is 6.09. The van der Waals surface area contributed by atoms with Gasteiger partial charge in [0.25, 0.3) is 0 Å². The van der Waals surface area contributed by atoms with Crippen molar-refractivity contribution in [2.24, 2.45) is 7.05 Å². The summed E-state index contributed by atoms with van der Waals surface area (Å²) in [5, 5.41) is 0.853. The minimum absolute atomic E-state index is 0.0167. The molecule has 0 radical (unpaired) electrons. The van der Waals surface area contributed by atoms with E-state index in [1.165, 1.54) is 0 Å². The number of hydrogen-bond acceptors (Lipinski definition) is 3. The largest absolute Gasteiger partial charge is 0.423 e. The lowest BCUT2D eigenvalue weighted by Crippen LogP contribution is -2.08. The van der Waals surface area contributed by atoms with E-state index in [9.17, 15) is 9.59 Å². The summed E-state index contributed by atoms with van der Waals surface area (Å²) in [6.45, 7) is 5.63. The van der Waals surface area contributed by atoms with Crippen LogP contribution in [0.1, 0.15) is 41.5 Å². The molecule has 0 aliphatic carbocycles. The first kappa shape index (κ1) is 17.7. The Bertz CT molecular complexity index is 1020. The number of allylic oxidation sites excluding steroid dienone is 2. The van der Waals surface area contributed by atoms with Crippen LogP contribution in [0.5, 0.6) is 5.75 Å². The van der Waals surface area contributed by atoms with E-state index in [1.807, 2.05) is 56.7 Å². The zero-order valence-corrected chi connectivity index (χ0v) is 15.4. The molecule has 4 heteroatoms. The third kappa shape index (κ3) is 3.31. The maximum absolute atomic E-state index is 12.5. The third-order valence-corrected chi connectivity index (χ3v) is 4.53. The molecule has 3 aromatic rings. The molecule has 0 saturated heterocycles. The van der Waals surface area contributed by atoms with Crippen LogP contribution in [0.25, 0.3) is 10.9 Å². The lowest BCUT2D eigenvalue weighted by Gasteiger charge is -2.06. The summed E-state index contributed by atoms with van der Waals surface area (Å²) in [5.74, 6) is -0.0207. The number of hydrogen-bond donors (Lipinski definition) is 0. The number of esters is 1. The third-order valence-electron chi connectivity index (χ3n) is 4.53. The monoisotopic (exact) mass is 347 g/mol. The lowest BCUT2D eigenvalue weighted by molar-refractivity contribution is 0.0736. The van der Waals surface area contributed by atoms with Gasteiger partial charge in [-0.2, -0.15) is 0 Å². The molecule has 3 rings (SSSR count). The van der Waals surface area contributed by atoms with E-state index >= 15 is 0 Å². The zero-order valence-electron chi connectivity index (χ0n) is 15.4. The van der Waals surface area contributed by atoms with Crippen molar-refractivity contribution in [1.29, 1.82) is 0 Å². The van der Waals surface area contributed by atoms with Crippen LogP contribution >= 0.6 is 0 Å². The van der Waals surface area contributed by atoms with Crippen LogP contribution in [-0.4, -0.2) is 16.3 Å². The molecule has 1 heterocycles. The van der Waals surface area contributed by atoms with Crippen molar-refractivity contribution >= 4 is 22.7 Å². The summed E-state index contributed by atoms with van der Waals surface area (Å²) in [7, 11) is 1.89. The lowest BCUT2D eigenvalue weighted by atomic mass is 10.0. The van der Waals surface area contributed by atoms with E-state index in [2.05, 4.69) is 0 Å². The van der Waals surface area contributed by atoms with Crippen molar-refractivity contribution in [3.05, 3.63) is 77.0 Å². The van der Waals surface area contributed by atoms with Gasteiger partial charge >= 0.3 is 5.97 Å². The smallest absolute Gasteiger partial charge is 0.345 e. The van der Waals surface area contributed by atoms with Crippen LogP contribution in [0.2, 0.25) is 0 Å². The number of benzene rings is 2. The maximum Gasteiger partial charge on any atom is 0.345 e. The molecule has 4 nitrogen and oxygen atoms in total. The molecule has 2 aromatic carbocycles. The summed E-state index contributed by atoms with van der Waals surface area (Å²) in [5.41, 5.74) is 3.78. The number of fused-ring (bicyclic) bond motifs is 1. The summed E-state index contributed by atoms with van der Waals surface area (Å²) in [6.07, 6.45) is 1.77. The van der Waals surface area contributed by atoms with Gasteiger partial charge in [-0.05, 0) is 56.7 Å². The van der Waals surface area contributed by atoms with Gasteiger partial charge in [-0.25, -0.2) is 4.79 Å². The fraction of sp³-hybridized carbons (Fsp3) is 0.182. The Morgan fingerprint density at radius 2 is 1.58 bits per heavy atom. The molecule has 26 heavy (non-hydrogen) atoms. The Kier molecular flexibility index (Phi) is 4.76. The van der Waals surface area contributed by atoms with Crippen molar-refractivity contribution in [2.75, 3.05) is 0 Å². The SMILES string of the molecule is CC(C)=C(C)C(=O)c1ccc(OC(=O)c2cn(C)c3ccccc23)cc1. The summed E-state index contributed by atoms with van der Waals surface area (Å²) >= 11 is 0. The van der Waals surface area contributed by atoms with Crippen LogP contribution in [0, 0.1) is 0 Å². The average Bonchev–Trinajstić information content (AvgIpc) is 2.98. The molecular formula is C22H21NO3. The molecule has 0 aliphatic heterocycles. The Hall–Kier alpha value is -3.14. The number of carbonyl (C=O) groups is 2. The Morgan fingerprint density at radius 1 is 0.923 bits per heavy atom. The standard InChI is InChI=1S/C22H21NO3/c1-14(2)15(3)21(24)16-9-11-17(12-10-16)26-22(25)19-13-23(4)20-8-6-5-7-18(19)20/h5-13H,1-4H3. The Labute approximate surface area is 152 Å². The molecule has 1 aromatic heterocycles. The van der Waals surface area contributed by atoms with Crippen molar-refractivity contribution in [2.45, 2.75) is 20.8 Å². The van der Waals surface area contributed by atoms with Gasteiger partial charge in [0.05, 0.1) is 5.56 Å². The minimum atomic E-state index is -0.415. The predicted octanol–water partition coefficient (Wildman–Crippen LogP) is 4.94. The number of carbonyl (C=O) groups excluding carboxylic acids is 2. The molecule has 0 bridgehead atoms. The van der Waals surface area contributed by atoms with E-state index in [0.717, 1.165) is 22.0 Å². The zero-order chi connectivity index (χ0) is 18.8. The molecule has 132 valence electrons. The van der Waals surface area contributed by atoms with E-state index in [0.29, 0.717) is 16.9 Å². The van der Waals surface area contributed by atoms with Gasteiger partial charge in [0.1, 0.15) is 5.75 Å². The van der Waals surface area contributed by atoms with Crippen LogP contribution in [0.4, 0.5) is 0 Å². The molecule has 0 atom stereocenters. The van der Waals surface area contributed by atoms with Crippen molar-refractivity contribution in [3.63, 3.8) is 0 Å². The quantitative estimate of drug-likeness (QED) is 0.291. The number of Topliss-reactive ketones (excluding diaryl/α,β-unsaturated/α-hetero) is 1. The average molecular weight is 347 g/mol. The van der Waals surface area contributed by atoms with E-state index < -0.39 is 5.97 Å². The predicted molar refractivity (Wildman–Crippen MR) is 103 cm³/mol. The molecule has 0 unspecified atom stereocenters. The second kappa shape index (κ2) is 7.00. The second-order valence-electron chi connectivity index (χ2n) is 6.54. The van der Waals surface area contributed by atoms with Gasteiger partial charge in [-0.3, -0.25) is 4.79 Å². The molecular weight excluding hydrogens is 326 g/mol. The molecule has 0 fully saturated rings. The molecule has 0 saturated carbocycles. The maximum atomic E-state index is 12.5. The molecule has 0 aliphatic rings. The normalized spacial score (nSPS) is 10.6. The van der Waals surface area contributed by atoms with Gasteiger partial charge in [0.2, 0.25) is 0 Å². The fourth-order valence-corrected chi connectivity index (χ4v) is 2.78. The highest BCUT2D eigenvalue weighted by Crippen LogP contribution is 2.23. The van der Waals surface area contributed by atoms with E-state index in [4.69, 9.17) is 4.74 Å². The number of ketones is 1. The topological polar surface area (TPSA) is 48.3 Å². The van der Waals surface area contributed by atoms with Gasteiger partial charge in [0.15, 0.2) is 5.78 Å². The minimum Gasteiger partial charge on any atom is -0.423 e. The van der Waals surface area contributed by atoms with Crippen LogP contribution < -0.4 is 4.74 Å². The van der Waals surface area contributed by atoms with Crippen molar-refractivity contribution in [3.8, 4) is 5.75 Å². The molecule has 0 N–H and O–H groups in total. The van der Waals surface area contributed by atoms with Crippen molar-refractivity contribution < 1.29 is 14.3 Å². The van der Waals surface area contributed by atoms with Gasteiger partial charge in [-0.1, -0.05) is 23.8 Å². The Balaban J connectivity index is 1.82. The van der Waals surface area contributed by atoms with E-state index in [-0.39, 0.29) is 5.78 Å². The number of rotatable bonds is 4. The summed E-state index contributed by atoms with van der Waals surface area (Å²) in [6, 6.07) is 14.3. The summed E-state index contributed by atoms with van der Waals surface area (Å²) < 4.78 is 7.39. The van der Waals surface area contributed by atoms with Gasteiger partial charge in [-0.15, -0.1) is 0 Å². The van der Waals surface area contributed by atoms with Crippen molar-refractivity contribution in [1.82, 2.24) is 4.57 Å². The van der Waals surface area contributed by atoms with E-state index in [1.54, 1.807) is 30.5 Å². The van der Waals surface area contributed by atoms with Gasteiger partial charge < -0.3 is 9.30 Å². The summed E-state index contributed by atoms with van der Waals surface area (Å²) in [4.78, 5) is 24.9. The second-order valence-corrected chi connectivity index (χ2v) is 6.54. The number of aromatic nitrogens is 1. The Morgan fingerprint density at radius 3 is 2.23 bits per heavy atom. The van der Waals surface area contributed by atoms with Crippen LogP contribution in [-0.2, 0) is 7.05 Å². The molecule has 0 amide bonds. The number of ether oxygens (including phenoxy) is 1. The first-order valence-corrected chi connectivity index (χ1v) is 8.43. The van der Waals surface area contributed by atoms with Crippen LogP contribution in [0.3, 0.4) is 0 Å². The number of nitrogens with zero attached hydrogens (tertiary/aromatic N) is 1. The first-order chi connectivity index (χ1) is 12.4. The van der Waals surface area contributed by atoms with Gasteiger partial charge in [0, 0.05) is 29.7 Å². The highest BCUT2D eigenvalue weighted by atomic mass is 16.5. The fourth-order valence-electron chi connectivity index (χ4n) is 2.78. The first-order valence-electron chi connectivity index (χ1n) is 8.43. The van der Waals surface area contributed by atoms with Crippen LogP contribution in [0.15, 0.2) is 65.9 Å². The number of aryl methyl sites for hydroxylation is 1. The molecule has 0 spiro atoms.